The molecule has 0 aromatic carbocycles. The van der Waals surface area contributed by atoms with Gasteiger partial charge in [-0.05, 0) is 49.4 Å². The summed E-state index contributed by atoms with van der Waals surface area (Å²) in [5.74, 6) is 0. The summed E-state index contributed by atoms with van der Waals surface area (Å²) in [6.45, 7) is 4.96. The third kappa shape index (κ3) is 1.45. The van der Waals surface area contributed by atoms with Crippen molar-refractivity contribution < 1.29 is 0 Å². The predicted octanol–water partition coefficient (Wildman–Crippen LogP) is 4.00. The molecule has 0 saturated heterocycles. The van der Waals surface area contributed by atoms with Crippen molar-refractivity contribution in [2.75, 3.05) is 0 Å². The Kier molecular flexibility index (Phi) is 2.07. The first-order chi connectivity index (χ1) is 4.62. The van der Waals surface area contributed by atoms with E-state index >= 15 is 0 Å². The van der Waals surface area contributed by atoms with E-state index in [2.05, 4.69) is 13.8 Å². The van der Waals surface area contributed by atoms with Gasteiger partial charge in [-0.3, -0.25) is 0 Å². The highest BCUT2D eigenvalue weighted by Gasteiger charge is 2.42. The standard InChI is InChI=1S/C10H18.CH4/c1-9-3-6-10(2,7-4-9)8-5-9;/h3-8H2,1-2H3;1H4. The Morgan fingerprint density at radius 3 is 1.00 bits per heavy atom. The minimum absolute atomic E-state index is 0. The molecule has 3 fully saturated rings. The molecule has 0 nitrogen and oxygen atoms in total. The first kappa shape index (κ1) is 9.09. The Morgan fingerprint density at radius 1 is 0.636 bits per heavy atom. The van der Waals surface area contributed by atoms with Gasteiger partial charge in [0.1, 0.15) is 0 Å². The van der Waals surface area contributed by atoms with Crippen molar-refractivity contribution in [1.29, 1.82) is 0 Å². The van der Waals surface area contributed by atoms with E-state index in [1.54, 1.807) is 0 Å². The van der Waals surface area contributed by atoms with Gasteiger partial charge in [0.15, 0.2) is 0 Å². The Hall–Kier alpha value is 0. The molecule has 0 atom stereocenters. The zero-order chi connectivity index (χ0) is 7.24. The van der Waals surface area contributed by atoms with Crippen molar-refractivity contribution in [1.82, 2.24) is 0 Å². The van der Waals surface area contributed by atoms with E-state index in [0.717, 1.165) is 10.8 Å². The van der Waals surface area contributed by atoms with Crippen LogP contribution in [0.2, 0.25) is 0 Å². The molecule has 0 aromatic rings. The summed E-state index contributed by atoms with van der Waals surface area (Å²) in [6.07, 6.45) is 9.02. The van der Waals surface area contributed by atoms with Crippen LogP contribution in [0.1, 0.15) is 59.8 Å². The SMILES string of the molecule is C.CC12CCC(C)(CC1)CC2. The quantitative estimate of drug-likeness (QED) is 0.494. The van der Waals surface area contributed by atoms with Crippen LogP contribution in [0.5, 0.6) is 0 Å². The molecule has 3 rings (SSSR count). The highest BCUT2D eigenvalue weighted by molar-refractivity contribution is 4.94. The highest BCUT2D eigenvalue weighted by atomic mass is 14.5. The van der Waals surface area contributed by atoms with Crippen LogP contribution in [0.3, 0.4) is 0 Å². The Labute approximate surface area is 71.4 Å². The van der Waals surface area contributed by atoms with E-state index in [0.29, 0.717) is 0 Å². The maximum atomic E-state index is 2.48. The first-order valence-electron chi connectivity index (χ1n) is 4.62. The summed E-state index contributed by atoms with van der Waals surface area (Å²) >= 11 is 0. The maximum Gasteiger partial charge on any atom is -0.0325 e. The molecule has 11 heavy (non-hydrogen) atoms. The van der Waals surface area contributed by atoms with E-state index in [4.69, 9.17) is 0 Å². The Bertz CT molecular complexity index is 104. The largest absolute Gasteiger partial charge is 0.0776 e. The normalized spacial score (nSPS) is 48.5. The summed E-state index contributed by atoms with van der Waals surface area (Å²) in [4.78, 5) is 0. The van der Waals surface area contributed by atoms with E-state index in [-0.39, 0.29) is 7.43 Å². The van der Waals surface area contributed by atoms with Gasteiger partial charge in [0, 0.05) is 0 Å². The van der Waals surface area contributed by atoms with Crippen LogP contribution in [-0.4, -0.2) is 0 Å². The lowest BCUT2D eigenvalue weighted by molar-refractivity contribution is 0.0164. The number of hydrogen-bond donors (Lipinski definition) is 0. The van der Waals surface area contributed by atoms with Gasteiger partial charge in [0.05, 0.1) is 0 Å². The zero-order valence-electron chi connectivity index (χ0n) is 7.24. The molecule has 0 aliphatic heterocycles. The third-order valence-electron chi connectivity index (χ3n) is 4.00. The molecular weight excluding hydrogens is 132 g/mol. The second kappa shape index (κ2) is 2.50. The fourth-order valence-electron chi connectivity index (χ4n) is 2.56. The van der Waals surface area contributed by atoms with Gasteiger partial charge >= 0.3 is 0 Å². The van der Waals surface area contributed by atoms with Crippen molar-refractivity contribution in [2.24, 2.45) is 10.8 Å². The molecule has 0 spiro atoms. The fraction of sp³-hybridized carbons (Fsp3) is 1.00. The zero-order valence-corrected chi connectivity index (χ0v) is 7.24. The molecule has 0 heteroatoms. The van der Waals surface area contributed by atoms with Crippen molar-refractivity contribution in [3.8, 4) is 0 Å². The van der Waals surface area contributed by atoms with Crippen molar-refractivity contribution in [2.45, 2.75) is 59.8 Å². The van der Waals surface area contributed by atoms with E-state index in [1.807, 2.05) is 0 Å². The minimum Gasteiger partial charge on any atom is -0.0776 e. The molecule has 0 aromatic heterocycles. The average molecular weight is 154 g/mol. The summed E-state index contributed by atoms with van der Waals surface area (Å²) in [5.41, 5.74) is 1.52. The summed E-state index contributed by atoms with van der Waals surface area (Å²) < 4.78 is 0. The first-order valence-corrected chi connectivity index (χ1v) is 4.62. The van der Waals surface area contributed by atoms with Gasteiger partial charge in [0.25, 0.3) is 0 Å². The second-order valence-corrected chi connectivity index (χ2v) is 5.12. The monoisotopic (exact) mass is 154 g/mol. The molecule has 0 radical (unpaired) electrons. The van der Waals surface area contributed by atoms with Gasteiger partial charge < -0.3 is 0 Å². The van der Waals surface area contributed by atoms with Crippen molar-refractivity contribution >= 4 is 0 Å². The van der Waals surface area contributed by atoms with Gasteiger partial charge in [0.2, 0.25) is 0 Å². The van der Waals surface area contributed by atoms with Crippen molar-refractivity contribution in [3.05, 3.63) is 0 Å². The highest BCUT2D eigenvalue weighted by Crippen LogP contribution is 2.56. The molecule has 0 amide bonds. The Balaban J connectivity index is 0.000000605. The fourth-order valence-corrected chi connectivity index (χ4v) is 2.56. The smallest absolute Gasteiger partial charge is 0.0325 e. The summed E-state index contributed by atoms with van der Waals surface area (Å²) in [5, 5.41) is 0. The molecular formula is C11H22. The topological polar surface area (TPSA) is 0 Å². The van der Waals surface area contributed by atoms with E-state index in [9.17, 15) is 0 Å². The number of rotatable bonds is 0. The van der Waals surface area contributed by atoms with Crippen LogP contribution < -0.4 is 0 Å². The van der Waals surface area contributed by atoms with Crippen molar-refractivity contribution in [3.63, 3.8) is 0 Å². The lowest BCUT2D eigenvalue weighted by Crippen LogP contribution is -2.37. The Morgan fingerprint density at radius 2 is 0.818 bits per heavy atom. The number of fused-ring (bicyclic) bond motifs is 3. The van der Waals surface area contributed by atoms with Gasteiger partial charge in [-0.15, -0.1) is 0 Å². The molecule has 66 valence electrons. The predicted molar refractivity (Wildman–Crippen MR) is 50.6 cm³/mol. The lowest BCUT2D eigenvalue weighted by Gasteiger charge is -2.50. The summed E-state index contributed by atoms with van der Waals surface area (Å²) in [7, 11) is 0. The van der Waals surface area contributed by atoms with E-state index < -0.39 is 0 Å². The van der Waals surface area contributed by atoms with Gasteiger partial charge in [-0.25, -0.2) is 0 Å². The summed E-state index contributed by atoms with van der Waals surface area (Å²) in [6, 6.07) is 0. The van der Waals surface area contributed by atoms with Crippen LogP contribution in [0, 0.1) is 10.8 Å². The minimum atomic E-state index is 0. The van der Waals surface area contributed by atoms with Gasteiger partial charge in [-0.2, -0.15) is 0 Å². The average Bonchev–Trinajstić information content (AvgIpc) is 1.93. The van der Waals surface area contributed by atoms with Crippen LogP contribution in [0.15, 0.2) is 0 Å². The van der Waals surface area contributed by atoms with Crippen LogP contribution in [-0.2, 0) is 0 Å². The molecule has 3 saturated carbocycles. The third-order valence-corrected chi connectivity index (χ3v) is 4.00. The van der Waals surface area contributed by atoms with Gasteiger partial charge in [-0.1, -0.05) is 21.3 Å². The van der Waals surface area contributed by atoms with Crippen LogP contribution >= 0.6 is 0 Å². The molecule has 0 N–H and O–H groups in total. The molecule has 0 heterocycles. The number of hydrogen-bond acceptors (Lipinski definition) is 0. The lowest BCUT2D eigenvalue weighted by atomic mass is 9.55. The molecule has 0 unspecified atom stereocenters. The molecule has 2 bridgehead atoms. The second-order valence-electron chi connectivity index (χ2n) is 5.12. The molecule has 3 aliphatic rings. The van der Waals surface area contributed by atoms with Crippen LogP contribution in [0.25, 0.3) is 0 Å². The maximum absolute atomic E-state index is 2.48. The van der Waals surface area contributed by atoms with E-state index in [1.165, 1.54) is 38.5 Å². The van der Waals surface area contributed by atoms with Crippen LogP contribution in [0.4, 0.5) is 0 Å². The molecule has 3 aliphatic carbocycles.